The van der Waals surface area contributed by atoms with Crippen molar-refractivity contribution < 1.29 is 4.39 Å². The molecule has 1 aromatic rings. The van der Waals surface area contributed by atoms with Crippen LogP contribution in [0.3, 0.4) is 0 Å². The van der Waals surface area contributed by atoms with E-state index in [9.17, 15) is 4.39 Å². The van der Waals surface area contributed by atoms with Crippen molar-refractivity contribution >= 4 is 11.6 Å². The van der Waals surface area contributed by atoms with Crippen molar-refractivity contribution in [2.24, 2.45) is 0 Å². The Hall–Kier alpha value is -0.600. The predicted octanol–water partition coefficient (Wildman–Crippen LogP) is 3.81. The summed E-state index contributed by atoms with van der Waals surface area (Å²) in [6.45, 7) is 3.14. The average Bonchev–Trinajstić information content (AvgIpc) is 2.22. The van der Waals surface area contributed by atoms with Crippen LogP contribution in [0.2, 0.25) is 5.02 Å². The first-order valence-electron chi connectivity index (χ1n) is 5.71. The minimum absolute atomic E-state index is 0.188. The van der Waals surface area contributed by atoms with Crippen molar-refractivity contribution in [1.29, 1.82) is 0 Å². The molecule has 1 atom stereocenters. The normalized spacial score (nSPS) is 27.0. The van der Waals surface area contributed by atoms with Crippen LogP contribution in [0.5, 0.6) is 0 Å². The molecule has 3 heteroatoms. The van der Waals surface area contributed by atoms with Crippen LogP contribution in [0.4, 0.5) is 4.39 Å². The number of rotatable bonds is 1. The molecule has 16 heavy (non-hydrogen) atoms. The van der Waals surface area contributed by atoms with Gasteiger partial charge in [-0.2, -0.15) is 0 Å². The maximum Gasteiger partial charge on any atom is 0.129 e. The Morgan fingerprint density at radius 2 is 2.12 bits per heavy atom. The first kappa shape index (κ1) is 11.9. The molecule has 2 rings (SSSR count). The molecule has 0 amide bonds. The molecule has 0 aromatic heterocycles. The lowest BCUT2D eigenvalue weighted by molar-refractivity contribution is 0.0850. The Morgan fingerprint density at radius 1 is 1.38 bits per heavy atom. The predicted molar refractivity (Wildman–Crippen MR) is 65.2 cm³/mol. The number of halogens is 2. The van der Waals surface area contributed by atoms with Crippen LogP contribution in [0.15, 0.2) is 18.2 Å². The monoisotopic (exact) mass is 241 g/mol. The fourth-order valence-electron chi connectivity index (χ4n) is 2.52. The van der Waals surface area contributed by atoms with Gasteiger partial charge in [-0.05, 0) is 45.5 Å². The van der Waals surface area contributed by atoms with Crippen molar-refractivity contribution in [1.82, 2.24) is 4.90 Å². The third-order valence-electron chi connectivity index (χ3n) is 3.76. The Labute approximate surface area is 101 Å². The molecule has 1 aliphatic heterocycles. The lowest BCUT2D eigenvalue weighted by atomic mass is 9.82. The van der Waals surface area contributed by atoms with Gasteiger partial charge in [0.05, 0.1) is 0 Å². The van der Waals surface area contributed by atoms with Gasteiger partial charge in [0.2, 0.25) is 0 Å². The minimum atomic E-state index is -0.191. The first-order valence-corrected chi connectivity index (χ1v) is 6.08. The van der Waals surface area contributed by atoms with E-state index in [-0.39, 0.29) is 11.4 Å². The van der Waals surface area contributed by atoms with E-state index < -0.39 is 0 Å². The molecule has 1 nitrogen and oxygen atoms in total. The van der Waals surface area contributed by atoms with Gasteiger partial charge in [-0.3, -0.25) is 4.90 Å². The van der Waals surface area contributed by atoms with Crippen LogP contribution in [0, 0.1) is 5.82 Å². The molecule has 1 heterocycles. The van der Waals surface area contributed by atoms with E-state index >= 15 is 0 Å². The maximum atomic E-state index is 13.9. The van der Waals surface area contributed by atoms with Gasteiger partial charge in [0.25, 0.3) is 0 Å². The second-order valence-electron chi connectivity index (χ2n) is 4.78. The highest BCUT2D eigenvalue weighted by Gasteiger charge is 2.35. The number of likely N-dealkylation sites (tertiary alicyclic amines) is 1. The first-order chi connectivity index (χ1) is 7.54. The zero-order chi connectivity index (χ0) is 11.8. The second-order valence-corrected chi connectivity index (χ2v) is 5.21. The molecule has 1 unspecified atom stereocenters. The van der Waals surface area contributed by atoms with Crippen LogP contribution >= 0.6 is 11.6 Å². The lowest BCUT2D eigenvalue weighted by Crippen LogP contribution is -2.45. The molecule has 0 saturated carbocycles. The molecule has 1 fully saturated rings. The molecule has 0 N–H and O–H groups in total. The van der Waals surface area contributed by atoms with E-state index in [4.69, 9.17) is 11.6 Å². The summed E-state index contributed by atoms with van der Waals surface area (Å²) in [5.41, 5.74) is 0.575. The van der Waals surface area contributed by atoms with Gasteiger partial charge in [0, 0.05) is 16.1 Å². The van der Waals surface area contributed by atoms with Crippen LogP contribution in [-0.4, -0.2) is 18.5 Å². The Bertz CT molecular complexity index is 394. The molecule has 1 saturated heterocycles. The number of piperidine rings is 1. The summed E-state index contributed by atoms with van der Waals surface area (Å²) in [6.07, 6.45) is 3.35. The molecule has 0 radical (unpaired) electrons. The fourth-order valence-corrected chi connectivity index (χ4v) is 2.68. The van der Waals surface area contributed by atoms with Gasteiger partial charge in [0.15, 0.2) is 0 Å². The smallest absolute Gasteiger partial charge is 0.129 e. The highest BCUT2D eigenvalue weighted by atomic mass is 35.5. The summed E-state index contributed by atoms with van der Waals surface area (Å²) in [5.74, 6) is -0.191. The summed E-state index contributed by atoms with van der Waals surface area (Å²) in [6, 6.07) is 5.00. The SMILES string of the molecule is CN1CCCCC1(C)c1ccc(Cl)cc1F. The topological polar surface area (TPSA) is 3.24 Å². The van der Waals surface area contributed by atoms with Gasteiger partial charge >= 0.3 is 0 Å². The maximum absolute atomic E-state index is 13.9. The van der Waals surface area contributed by atoms with E-state index in [0.29, 0.717) is 5.02 Å². The molecule has 0 spiro atoms. The van der Waals surface area contributed by atoms with Crippen LogP contribution in [-0.2, 0) is 5.54 Å². The van der Waals surface area contributed by atoms with Gasteiger partial charge in [-0.25, -0.2) is 4.39 Å². The minimum Gasteiger partial charge on any atom is -0.297 e. The molecule has 88 valence electrons. The standard InChI is InChI=1S/C13H17ClFN/c1-13(7-3-4-8-16(13)2)11-6-5-10(14)9-12(11)15/h5-6,9H,3-4,7-8H2,1-2H3. The Morgan fingerprint density at radius 3 is 2.75 bits per heavy atom. The van der Waals surface area contributed by atoms with Gasteiger partial charge in [-0.1, -0.05) is 24.1 Å². The summed E-state index contributed by atoms with van der Waals surface area (Å²) < 4.78 is 13.9. The third-order valence-corrected chi connectivity index (χ3v) is 4.00. The molecular weight excluding hydrogens is 225 g/mol. The van der Waals surface area contributed by atoms with E-state index in [1.807, 2.05) is 6.07 Å². The second kappa shape index (κ2) is 4.34. The van der Waals surface area contributed by atoms with E-state index in [1.165, 1.54) is 12.5 Å². The summed E-state index contributed by atoms with van der Waals surface area (Å²) in [7, 11) is 2.06. The van der Waals surface area contributed by atoms with Crippen molar-refractivity contribution in [3.05, 3.63) is 34.6 Å². The molecular formula is C13H17ClFN. The summed E-state index contributed by atoms with van der Waals surface area (Å²) in [4.78, 5) is 2.24. The summed E-state index contributed by atoms with van der Waals surface area (Å²) in [5, 5.41) is 0.461. The number of benzene rings is 1. The van der Waals surface area contributed by atoms with E-state index in [2.05, 4.69) is 18.9 Å². The molecule has 0 aliphatic carbocycles. The molecule has 1 aromatic carbocycles. The van der Waals surface area contributed by atoms with Crippen LogP contribution < -0.4 is 0 Å². The zero-order valence-corrected chi connectivity index (χ0v) is 10.5. The highest BCUT2D eigenvalue weighted by Crippen LogP contribution is 2.37. The summed E-state index contributed by atoms with van der Waals surface area (Å²) >= 11 is 5.78. The van der Waals surface area contributed by atoms with Gasteiger partial charge < -0.3 is 0 Å². The molecule has 1 aliphatic rings. The van der Waals surface area contributed by atoms with Crippen LogP contribution in [0.25, 0.3) is 0 Å². The highest BCUT2D eigenvalue weighted by molar-refractivity contribution is 6.30. The number of hydrogen-bond acceptors (Lipinski definition) is 1. The van der Waals surface area contributed by atoms with E-state index in [0.717, 1.165) is 24.9 Å². The molecule has 0 bridgehead atoms. The number of hydrogen-bond donors (Lipinski definition) is 0. The van der Waals surface area contributed by atoms with E-state index in [1.54, 1.807) is 6.07 Å². The number of nitrogens with zero attached hydrogens (tertiary/aromatic N) is 1. The largest absolute Gasteiger partial charge is 0.297 e. The Balaban J connectivity index is 2.41. The van der Waals surface area contributed by atoms with Crippen molar-refractivity contribution in [3.63, 3.8) is 0 Å². The average molecular weight is 242 g/mol. The lowest BCUT2D eigenvalue weighted by Gasteiger charge is -2.43. The Kier molecular flexibility index (Phi) is 3.22. The third kappa shape index (κ3) is 1.96. The van der Waals surface area contributed by atoms with Crippen molar-refractivity contribution in [2.45, 2.75) is 31.7 Å². The van der Waals surface area contributed by atoms with Crippen LogP contribution in [0.1, 0.15) is 31.7 Å². The van der Waals surface area contributed by atoms with Crippen molar-refractivity contribution in [3.8, 4) is 0 Å². The van der Waals surface area contributed by atoms with Gasteiger partial charge in [-0.15, -0.1) is 0 Å². The van der Waals surface area contributed by atoms with Gasteiger partial charge in [0.1, 0.15) is 5.82 Å². The quantitative estimate of drug-likeness (QED) is 0.723. The fraction of sp³-hybridized carbons (Fsp3) is 0.538. The zero-order valence-electron chi connectivity index (χ0n) is 9.76. The van der Waals surface area contributed by atoms with Crippen molar-refractivity contribution in [2.75, 3.05) is 13.6 Å².